The Morgan fingerprint density at radius 3 is 3.07 bits per heavy atom. The van der Waals surface area contributed by atoms with E-state index < -0.39 is 0 Å². The molecule has 0 radical (unpaired) electrons. The van der Waals surface area contributed by atoms with Gasteiger partial charge >= 0.3 is 0 Å². The van der Waals surface area contributed by atoms with Crippen molar-refractivity contribution in [3.05, 3.63) is 16.1 Å². The molecule has 1 aliphatic rings. The molecular formula is C10H14BrNOS. The molecule has 1 unspecified atom stereocenters. The SMILES string of the molecule is Cc1ncc(CC2(CBr)CCOC2)s1. The summed E-state index contributed by atoms with van der Waals surface area (Å²) in [4.78, 5) is 5.67. The van der Waals surface area contributed by atoms with E-state index in [1.807, 2.05) is 6.20 Å². The normalized spacial score (nSPS) is 27.0. The molecule has 1 aromatic rings. The van der Waals surface area contributed by atoms with Crippen LogP contribution in [0.5, 0.6) is 0 Å². The van der Waals surface area contributed by atoms with Crippen LogP contribution >= 0.6 is 27.3 Å². The van der Waals surface area contributed by atoms with Crippen LogP contribution in [0.4, 0.5) is 0 Å². The largest absolute Gasteiger partial charge is 0.381 e. The first kappa shape index (κ1) is 10.6. The fourth-order valence-corrected chi connectivity index (χ4v) is 3.41. The van der Waals surface area contributed by atoms with Gasteiger partial charge in [-0.3, -0.25) is 0 Å². The van der Waals surface area contributed by atoms with Gasteiger partial charge in [0.25, 0.3) is 0 Å². The molecule has 0 bridgehead atoms. The van der Waals surface area contributed by atoms with Crippen LogP contribution in [0, 0.1) is 12.3 Å². The molecule has 2 rings (SSSR count). The Morgan fingerprint density at radius 1 is 1.71 bits per heavy atom. The molecule has 0 aliphatic carbocycles. The summed E-state index contributed by atoms with van der Waals surface area (Å²) in [6.07, 6.45) is 4.27. The van der Waals surface area contributed by atoms with Gasteiger partial charge in [0.2, 0.25) is 0 Å². The van der Waals surface area contributed by atoms with E-state index in [0.29, 0.717) is 5.41 Å². The summed E-state index contributed by atoms with van der Waals surface area (Å²) in [5.41, 5.74) is 0.318. The van der Waals surface area contributed by atoms with E-state index in [1.165, 1.54) is 4.88 Å². The molecule has 1 fully saturated rings. The summed E-state index contributed by atoms with van der Waals surface area (Å²) >= 11 is 5.40. The van der Waals surface area contributed by atoms with Gasteiger partial charge < -0.3 is 4.74 Å². The smallest absolute Gasteiger partial charge is 0.0896 e. The van der Waals surface area contributed by atoms with Crippen molar-refractivity contribution in [1.29, 1.82) is 0 Å². The summed E-state index contributed by atoms with van der Waals surface area (Å²) < 4.78 is 5.48. The minimum atomic E-state index is 0.318. The first-order valence-electron chi connectivity index (χ1n) is 4.79. The molecule has 1 atom stereocenters. The van der Waals surface area contributed by atoms with E-state index in [4.69, 9.17) is 4.74 Å². The van der Waals surface area contributed by atoms with Crippen LogP contribution in [-0.2, 0) is 11.2 Å². The van der Waals surface area contributed by atoms with Crippen molar-refractivity contribution in [3.63, 3.8) is 0 Å². The van der Waals surface area contributed by atoms with Gasteiger partial charge in [0.15, 0.2) is 0 Å². The third kappa shape index (κ3) is 2.18. The Morgan fingerprint density at radius 2 is 2.57 bits per heavy atom. The van der Waals surface area contributed by atoms with E-state index in [1.54, 1.807) is 11.3 Å². The Balaban J connectivity index is 2.08. The quantitative estimate of drug-likeness (QED) is 0.792. The lowest BCUT2D eigenvalue weighted by molar-refractivity contribution is 0.162. The first-order chi connectivity index (χ1) is 6.74. The average Bonchev–Trinajstić information content (AvgIpc) is 2.77. The number of nitrogens with zero attached hydrogens (tertiary/aromatic N) is 1. The van der Waals surface area contributed by atoms with Gasteiger partial charge in [0, 0.05) is 28.4 Å². The van der Waals surface area contributed by atoms with Crippen molar-refractivity contribution >= 4 is 27.3 Å². The van der Waals surface area contributed by atoms with E-state index in [9.17, 15) is 0 Å². The number of ether oxygens (including phenoxy) is 1. The van der Waals surface area contributed by atoms with Crippen LogP contribution in [-0.4, -0.2) is 23.5 Å². The molecule has 4 heteroatoms. The lowest BCUT2D eigenvalue weighted by Gasteiger charge is -2.23. The van der Waals surface area contributed by atoms with Crippen LogP contribution in [0.15, 0.2) is 6.20 Å². The minimum absolute atomic E-state index is 0.318. The third-order valence-electron chi connectivity index (χ3n) is 2.69. The van der Waals surface area contributed by atoms with Gasteiger partial charge in [-0.15, -0.1) is 11.3 Å². The van der Waals surface area contributed by atoms with Crippen molar-refractivity contribution in [3.8, 4) is 0 Å². The summed E-state index contributed by atoms with van der Waals surface area (Å²) in [5.74, 6) is 0. The van der Waals surface area contributed by atoms with Crippen molar-refractivity contribution < 1.29 is 4.74 Å². The maximum atomic E-state index is 5.48. The molecule has 0 aromatic carbocycles. The highest BCUT2D eigenvalue weighted by Crippen LogP contribution is 2.35. The number of aromatic nitrogens is 1. The fourth-order valence-electron chi connectivity index (χ4n) is 1.80. The number of aryl methyl sites for hydroxylation is 1. The average molecular weight is 276 g/mol. The molecule has 2 nitrogen and oxygen atoms in total. The molecule has 1 aliphatic heterocycles. The number of rotatable bonds is 3. The van der Waals surface area contributed by atoms with Crippen LogP contribution < -0.4 is 0 Å². The summed E-state index contributed by atoms with van der Waals surface area (Å²) in [6.45, 7) is 3.85. The lowest BCUT2D eigenvalue weighted by Crippen LogP contribution is -2.25. The number of halogens is 1. The zero-order chi connectivity index (χ0) is 10.0. The van der Waals surface area contributed by atoms with E-state index in [-0.39, 0.29) is 0 Å². The third-order valence-corrected chi connectivity index (χ3v) is 4.79. The van der Waals surface area contributed by atoms with E-state index in [0.717, 1.165) is 36.4 Å². The summed E-state index contributed by atoms with van der Waals surface area (Å²) in [5, 5.41) is 2.18. The van der Waals surface area contributed by atoms with Gasteiger partial charge in [-0.1, -0.05) is 15.9 Å². The van der Waals surface area contributed by atoms with Crippen LogP contribution in [0.3, 0.4) is 0 Å². The molecule has 0 saturated carbocycles. The minimum Gasteiger partial charge on any atom is -0.381 e. The molecule has 0 spiro atoms. The van der Waals surface area contributed by atoms with Gasteiger partial charge in [-0.2, -0.15) is 0 Å². The molecule has 14 heavy (non-hydrogen) atoms. The predicted octanol–water partition coefficient (Wildman–Crippen LogP) is 2.80. The fraction of sp³-hybridized carbons (Fsp3) is 0.700. The zero-order valence-corrected chi connectivity index (χ0v) is 10.7. The lowest BCUT2D eigenvalue weighted by atomic mass is 9.86. The molecular weight excluding hydrogens is 262 g/mol. The molecule has 2 heterocycles. The van der Waals surface area contributed by atoms with Crippen molar-refractivity contribution in [2.45, 2.75) is 19.8 Å². The molecule has 0 amide bonds. The standard InChI is InChI=1S/C10H14BrNOS/c1-8-12-5-9(14-8)4-10(6-11)2-3-13-7-10/h5H,2-4,6-7H2,1H3. The maximum Gasteiger partial charge on any atom is 0.0896 e. The first-order valence-corrected chi connectivity index (χ1v) is 6.73. The number of hydrogen-bond acceptors (Lipinski definition) is 3. The second-order valence-corrected chi connectivity index (χ2v) is 5.84. The van der Waals surface area contributed by atoms with Crippen LogP contribution in [0.2, 0.25) is 0 Å². The Kier molecular flexibility index (Phi) is 3.24. The number of thiazole rings is 1. The highest BCUT2D eigenvalue weighted by atomic mass is 79.9. The molecule has 1 saturated heterocycles. The van der Waals surface area contributed by atoms with E-state index >= 15 is 0 Å². The molecule has 78 valence electrons. The van der Waals surface area contributed by atoms with Gasteiger partial charge in [0.05, 0.1) is 11.6 Å². The zero-order valence-electron chi connectivity index (χ0n) is 8.25. The Labute approximate surface area is 96.8 Å². The highest BCUT2D eigenvalue weighted by molar-refractivity contribution is 9.09. The monoisotopic (exact) mass is 275 g/mol. The second-order valence-electron chi connectivity index (χ2n) is 3.96. The predicted molar refractivity (Wildman–Crippen MR) is 62.2 cm³/mol. The Bertz CT molecular complexity index is 307. The summed E-state index contributed by atoms with van der Waals surface area (Å²) in [7, 11) is 0. The second kappa shape index (κ2) is 4.29. The molecule has 1 aromatic heterocycles. The Hall–Kier alpha value is 0.0700. The summed E-state index contributed by atoms with van der Waals surface area (Å²) in [6, 6.07) is 0. The van der Waals surface area contributed by atoms with Gasteiger partial charge in [-0.05, 0) is 19.8 Å². The van der Waals surface area contributed by atoms with Crippen LogP contribution in [0.1, 0.15) is 16.3 Å². The van der Waals surface area contributed by atoms with Crippen LogP contribution in [0.25, 0.3) is 0 Å². The maximum absolute atomic E-state index is 5.48. The van der Waals surface area contributed by atoms with Crippen molar-refractivity contribution in [2.75, 3.05) is 18.5 Å². The van der Waals surface area contributed by atoms with E-state index in [2.05, 4.69) is 27.8 Å². The van der Waals surface area contributed by atoms with Crippen molar-refractivity contribution in [1.82, 2.24) is 4.98 Å². The molecule has 0 N–H and O–H groups in total. The topological polar surface area (TPSA) is 22.1 Å². The highest BCUT2D eigenvalue weighted by Gasteiger charge is 2.34. The van der Waals surface area contributed by atoms with Gasteiger partial charge in [-0.25, -0.2) is 4.98 Å². The van der Waals surface area contributed by atoms with Crippen molar-refractivity contribution in [2.24, 2.45) is 5.41 Å². The number of hydrogen-bond donors (Lipinski definition) is 0. The van der Waals surface area contributed by atoms with Gasteiger partial charge in [0.1, 0.15) is 0 Å². The number of alkyl halides is 1.